The lowest BCUT2D eigenvalue weighted by molar-refractivity contribution is -0.386. The van der Waals surface area contributed by atoms with Crippen LogP contribution in [0.4, 0.5) is 11.4 Å². The molecule has 9 nitrogen and oxygen atoms in total. The second-order valence-corrected chi connectivity index (χ2v) is 6.53. The number of hydrogen-bond acceptors (Lipinski definition) is 7. The van der Waals surface area contributed by atoms with Crippen molar-refractivity contribution in [2.75, 3.05) is 19.0 Å². The fraction of sp³-hybridized carbons (Fsp3) is 0.455. The second-order valence-electron chi connectivity index (χ2n) is 4.52. The summed E-state index contributed by atoms with van der Waals surface area (Å²) in [5, 5.41) is 20.3. The Hall–Kier alpha value is -1.75. The van der Waals surface area contributed by atoms with E-state index in [4.69, 9.17) is 5.84 Å². The number of nitrogen functional groups attached to an aromatic ring is 1. The van der Waals surface area contributed by atoms with Gasteiger partial charge in [-0.25, -0.2) is 12.7 Å². The molecule has 0 spiro atoms. The predicted molar refractivity (Wildman–Crippen MR) is 77.0 cm³/mol. The highest BCUT2D eigenvalue weighted by Crippen LogP contribution is 2.32. The van der Waals surface area contributed by atoms with Crippen LogP contribution in [0.3, 0.4) is 0 Å². The van der Waals surface area contributed by atoms with Gasteiger partial charge in [0.05, 0.1) is 11.0 Å². The van der Waals surface area contributed by atoms with Crippen LogP contribution in [-0.4, -0.2) is 42.4 Å². The zero-order valence-corrected chi connectivity index (χ0v) is 12.5. The quantitative estimate of drug-likeness (QED) is 0.372. The Morgan fingerprint density at radius 3 is 2.62 bits per heavy atom. The Labute approximate surface area is 122 Å². The van der Waals surface area contributed by atoms with Gasteiger partial charge in [0, 0.05) is 13.6 Å². The lowest BCUT2D eigenvalue weighted by Crippen LogP contribution is -2.30. The lowest BCUT2D eigenvalue weighted by Gasteiger charge is -2.18. The molecule has 0 saturated heterocycles. The Morgan fingerprint density at radius 2 is 2.14 bits per heavy atom. The summed E-state index contributed by atoms with van der Waals surface area (Å²) in [7, 11) is -2.76. The molecule has 0 aliphatic carbocycles. The number of nitrogens with one attached hydrogen (secondary N) is 1. The van der Waals surface area contributed by atoms with Crippen molar-refractivity contribution in [3.05, 3.63) is 28.3 Å². The van der Waals surface area contributed by atoms with E-state index in [1.807, 2.05) is 0 Å². The predicted octanol–water partition coefficient (Wildman–Crippen LogP) is 0.272. The molecule has 0 fully saturated rings. The number of hydrazine groups is 1. The molecule has 10 heteroatoms. The zero-order valence-electron chi connectivity index (χ0n) is 11.7. The van der Waals surface area contributed by atoms with Crippen molar-refractivity contribution in [3.8, 4) is 0 Å². The number of nitro groups is 1. The Kier molecular flexibility index (Phi) is 5.61. The van der Waals surface area contributed by atoms with E-state index in [1.54, 1.807) is 0 Å². The number of nitrogens with two attached hydrogens (primary N) is 1. The highest BCUT2D eigenvalue weighted by molar-refractivity contribution is 7.89. The molecule has 0 saturated carbocycles. The molecule has 1 aromatic carbocycles. The third-order valence-corrected chi connectivity index (χ3v) is 4.78. The van der Waals surface area contributed by atoms with Crippen molar-refractivity contribution >= 4 is 21.4 Å². The number of sulfonamides is 1. The normalized spacial score (nSPS) is 13.2. The first-order valence-corrected chi connectivity index (χ1v) is 7.54. The molecule has 118 valence electrons. The summed E-state index contributed by atoms with van der Waals surface area (Å²) in [4.78, 5) is 9.87. The van der Waals surface area contributed by atoms with Gasteiger partial charge >= 0.3 is 5.69 Å². The summed E-state index contributed by atoms with van der Waals surface area (Å²) >= 11 is 0. The van der Waals surface area contributed by atoms with E-state index in [0.717, 1.165) is 10.4 Å². The summed E-state index contributed by atoms with van der Waals surface area (Å²) in [5.41, 5.74) is 1.41. The topological polar surface area (TPSA) is 139 Å². The fourth-order valence-electron chi connectivity index (χ4n) is 1.69. The maximum atomic E-state index is 12.4. The van der Waals surface area contributed by atoms with E-state index in [2.05, 4.69) is 5.43 Å². The molecular formula is C11H18N4O5S. The molecule has 0 amide bonds. The highest BCUT2D eigenvalue weighted by Gasteiger charge is 2.31. The van der Waals surface area contributed by atoms with E-state index in [9.17, 15) is 23.6 Å². The highest BCUT2D eigenvalue weighted by atomic mass is 32.2. The Morgan fingerprint density at radius 1 is 1.52 bits per heavy atom. The van der Waals surface area contributed by atoms with Crippen LogP contribution in [0.2, 0.25) is 0 Å². The number of hydrogen-bond donors (Lipinski definition) is 3. The van der Waals surface area contributed by atoms with Crippen LogP contribution >= 0.6 is 0 Å². The molecular weight excluding hydrogens is 300 g/mol. The number of aliphatic hydroxyl groups excluding tert-OH is 1. The maximum absolute atomic E-state index is 12.4. The molecule has 0 heterocycles. The zero-order chi connectivity index (χ0) is 16.2. The van der Waals surface area contributed by atoms with E-state index in [0.29, 0.717) is 0 Å². The van der Waals surface area contributed by atoms with Crippen LogP contribution in [-0.2, 0) is 10.0 Å². The van der Waals surface area contributed by atoms with Gasteiger partial charge in [0.2, 0.25) is 10.0 Å². The maximum Gasteiger partial charge on any atom is 0.313 e. The number of nitrogens with zero attached hydrogens (tertiary/aromatic N) is 2. The van der Waals surface area contributed by atoms with Gasteiger partial charge < -0.3 is 10.5 Å². The van der Waals surface area contributed by atoms with Crippen LogP contribution in [0.1, 0.15) is 13.3 Å². The van der Waals surface area contributed by atoms with Crippen LogP contribution in [0.15, 0.2) is 23.1 Å². The molecule has 1 rings (SSSR count). The van der Waals surface area contributed by atoms with E-state index in [-0.39, 0.29) is 18.7 Å². The third-order valence-electron chi connectivity index (χ3n) is 2.89. The van der Waals surface area contributed by atoms with Gasteiger partial charge in [0.1, 0.15) is 5.69 Å². The van der Waals surface area contributed by atoms with E-state index < -0.39 is 31.6 Å². The van der Waals surface area contributed by atoms with Crippen LogP contribution < -0.4 is 11.3 Å². The van der Waals surface area contributed by atoms with Crippen molar-refractivity contribution < 1.29 is 18.4 Å². The molecule has 0 aliphatic heterocycles. The number of para-hydroxylation sites is 1. The third kappa shape index (κ3) is 3.88. The summed E-state index contributed by atoms with van der Waals surface area (Å²) in [6.07, 6.45) is -0.451. The fourth-order valence-corrected chi connectivity index (χ4v) is 3.05. The first-order chi connectivity index (χ1) is 9.71. The van der Waals surface area contributed by atoms with Gasteiger partial charge in [-0.3, -0.25) is 16.0 Å². The van der Waals surface area contributed by atoms with Gasteiger partial charge in [-0.2, -0.15) is 0 Å². The van der Waals surface area contributed by atoms with Crippen LogP contribution in [0, 0.1) is 10.1 Å². The molecule has 0 aromatic heterocycles. The molecule has 1 atom stereocenters. The lowest BCUT2D eigenvalue weighted by atomic mass is 10.3. The summed E-state index contributed by atoms with van der Waals surface area (Å²) in [5.74, 6) is 5.18. The van der Waals surface area contributed by atoms with Crippen molar-refractivity contribution in [1.82, 2.24) is 4.31 Å². The van der Waals surface area contributed by atoms with Gasteiger partial charge in [0.25, 0.3) is 0 Å². The monoisotopic (exact) mass is 318 g/mol. The largest absolute Gasteiger partial charge is 0.393 e. The molecule has 0 bridgehead atoms. The van der Waals surface area contributed by atoms with Crippen LogP contribution in [0.25, 0.3) is 0 Å². The first-order valence-electron chi connectivity index (χ1n) is 6.10. The minimum atomic E-state index is -4.06. The van der Waals surface area contributed by atoms with E-state index >= 15 is 0 Å². The summed E-state index contributed by atoms with van der Waals surface area (Å²) < 4.78 is 25.8. The van der Waals surface area contributed by atoms with Gasteiger partial charge in [-0.1, -0.05) is 6.07 Å². The average molecular weight is 318 g/mol. The van der Waals surface area contributed by atoms with Crippen LogP contribution in [0.5, 0.6) is 0 Å². The molecule has 1 aromatic rings. The number of rotatable bonds is 7. The van der Waals surface area contributed by atoms with Crippen molar-refractivity contribution in [2.45, 2.75) is 24.3 Å². The van der Waals surface area contributed by atoms with Gasteiger partial charge in [0.15, 0.2) is 4.90 Å². The molecule has 0 radical (unpaired) electrons. The molecule has 4 N–H and O–H groups in total. The Bertz CT molecular complexity index is 617. The number of benzene rings is 1. The molecule has 0 aliphatic rings. The SMILES string of the molecule is CC(O)CCN(C)S(=O)(=O)c1cccc(NN)c1[N+](=O)[O-]. The number of nitro benzene ring substituents is 1. The Balaban J connectivity index is 3.28. The van der Waals surface area contributed by atoms with Crippen molar-refractivity contribution in [1.29, 1.82) is 0 Å². The van der Waals surface area contributed by atoms with Gasteiger partial charge in [-0.15, -0.1) is 0 Å². The number of aliphatic hydroxyl groups is 1. The smallest absolute Gasteiger partial charge is 0.313 e. The standard InChI is InChI=1S/C11H18N4O5S/c1-8(16)6-7-14(2)21(19,20)10-5-3-4-9(13-12)11(10)15(17)18/h3-5,8,13,16H,6-7,12H2,1-2H3. The van der Waals surface area contributed by atoms with Crippen molar-refractivity contribution in [3.63, 3.8) is 0 Å². The summed E-state index contributed by atoms with van der Waals surface area (Å²) in [6, 6.07) is 3.82. The van der Waals surface area contributed by atoms with E-state index in [1.165, 1.54) is 26.1 Å². The molecule has 21 heavy (non-hydrogen) atoms. The average Bonchev–Trinajstić information content (AvgIpc) is 2.43. The first kappa shape index (κ1) is 17.3. The minimum Gasteiger partial charge on any atom is -0.393 e. The van der Waals surface area contributed by atoms with Crippen molar-refractivity contribution in [2.24, 2.45) is 5.84 Å². The van der Waals surface area contributed by atoms with Gasteiger partial charge in [-0.05, 0) is 25.5 Å². The minimum absolute atomic E-state index is 0.0391. The molecule has 1 unspecified atom stereocenters. The second kappa shape index (κ2) is 6.80. The summed E-state index contributed by atoms with van der Waals surface area (Å²) in [6.45, 7) is 1.57. The number of anilines is 1.